The lowest BCUT2D eigenvalue weighted by atomic mass is 9.95. The summed E-state index contributed by atoms with van der Waals surface area (Å²) in [5.41, 5.74) is 6.35. The molecule has 210 valence electrons. The number of benzene rings is 4. The van der Waals surface area contributed by atoms with Crippen LogP contribution in [0.15, 0.2) is 72.8 Å². The standard InChI is InChI=1S/C34H38O6/c1-35-27-15-9-23(10-16-27)7-13-25-19-33(39-5)29(21-31(25)37-3)30-22-32(38-4)26(20-34(30)40-6)14-8-24-11-17-28(36-2)18-12-24/h9-12,15-22H,7-8,13-14H2,1-6H3. The second kappa shape index (κ2) is 13.7. The number of methoxy groups -OCH3 is 6. The van der Waals surface area contributed by atoms with E-state index >= 15 is 0 Å². The number of aryl methyl sites for hydroxylation is 4. The van der Waals surface area contributed by atoms with Crippen molar-refractivity contribution in [2.24, 2.45) is 0 Å². The van der Waals surface area contributed by atoms with Gasteiger partial charge in [-0.3, -0.25) is 0 Å². The van der Waals surface area contributed by atoms with Gasteiger partial charge in [0.15, 0.2) is 0 Å². The molecule has 4 aromatic carbocycles. The van der Waals surface area contributed by atoms with Gasteiger partial charge in [-0.1, -0.05) is 24.3 Å². The van der Waals surface area contributed by atoms with E-state index in [9.17, 15) is 0 Å². The Labute approximate surface area is 237 Å². The van der Waals surface area contributed by atoms with E-state index in [2.05, 4.69) is 36.4 Å². The highest BCUT2D eigenvalue weighted by Gasteiger charge is 2.19. The maximum Gasteiger partial charge on any atom is 0.127 e. The highest BCUT2D eigenvalue weighted by molar-refractivity contribution is 5.79. The lowest BCUT2D eigenvalue weighted by Crippen LogP contribution is -2.01. The molecule has 6 nitrogen and oxygen atoms in total. The van der Waals surface area contributed by atoms with E-state index in [-0.39, 0.29) is 0 Å². The Morgan fingerprint density at radius 1 is 0.375 bits per heavy atom. The Morgan fingerprint density at radius 3 is 1.02 bits per heavy atom. The van der Waals surface area contributed by atoms with Gasteiger partial charge >= 0.3 is 0 Å². The molecule has 0 aromatic heterocycles. The van der Waals surface area contributed by atoms with Crippen LogP contribution in [-0.4, -0.2) is 42.7 Å². The third kappa shape index (κ3) is 6.63. The van der Waals surface area contributed by atoms with E-state index in [0.717, 1.165) is 82.4 Å². The molecule has 0 spiro atoms. The molecule has 4 aromatic rings. The minimum Gasteiger partial charge on any atom is -0.497 e. The van der Waals surface area contributed by atoms with Gasteiger partial charge in [0.25, 0.3) is 0 Å². The van der Waals surface area contributed by atoms with Gasteiger partial charge in [-0.2, -0.15) is 0 Å². The van der Waals surface area contributed by atoms with E-state index in [1.165, 1.54) is 11.1 Å². The molecule has 0 unspecified atom stereocenters. The van der Waals surface area contributed by atoms with Crippen LogP contribution in [0.1, 0.15) is 22.3 Å². The molecule has 0 radical (unpaired) electrons. The van der Waals surface area contributed by atoms with Crippen LogP contribution in [-0.2, 0) is 25.7 Å². The van der Waals surface area contributed by atoms with Crippen LogP contribution in [0, 0.1) is 0 Å². The first-order chi connectivity index (χ1) is 19.5. The number of hydrogen-bond donors (Lipinski definition) is 0. The molecule has 0 saturated heterocycles. The van der Waals surface area contributed by atoms with Gasteiger partial charge in [-0.25, -0.2) is 0 Å². The van der Waals surface area contributed by atoms with Crippen molar-refractivity contribution in [3.05, 3.63) is 95.1 Å². The van der Waals surface area contributed by atoms with Gasteiger partial charge in [0.2, 0.25) is 0 Å². The smallest absolute Gasteiger partial charge is 0.127 e. The first kappa shape index (κ1) is 28.7. The van der Waals surface area contributed by atoms with Crippen LogP contribution in [0.4, 0.5) is 0 Å². The van der Waals surface area contributed by atoms with Gasteiger partial charge in [0, 0.05) is 11.1 Å². The van der Waals surface area contributed by atoms with Crippen molar-refractivity contribution < 1.29 is 28.4 Å². The predicted octanol–water partition coefficient (Wildman–Crippen LogP) is 6.98. The molecule has 0 aliphatic rings. The fourth-order valence-corrected chi connectivity index (χ4v) is 4.88. The maximum atomic E-state index is 5.87. The van der Waals surface area contributed by atoms with Gasteiger partial charge in [-0.15, -0.1) is 0 Å². The average molecular weight is 543 g/mol. The monoisotopic (exact) mass is 542 g/mol. The molecular weight excluding hydrogens is 504 g/mol. The van der Waals surface area contributed by atoms with E-state index in [1.54, 1.807) is 42.7 Å². The van der Waals surface area contributed by atoms with Crippen molar-refractivity contribution in [3.8, 4) is 45.6 Å². The Kier molecular flexibility index (Phi) is 9.79. The number of rotatable bonds is 13. The second-order valence-electron chi connectivity index (χ2n) is 9.42. The molecule has 0 heterocycles. The first-order valence-electron chi connectivity index (χ1n) is 13.3. The zero-order chi connectivity index (χ0) is 28.5. The molecule has 40 heavy (non-hydrogen) atoms. The van der Waals surface area contributed by atoms with Gasteiger partial charge in [-0.05, 0) is 96.5 Å². The minimum absolute atomic E-state index is 0.747. The normalized spacial score (nSPS) is 10.7. The summed E-state index contributed by atoms with van der Waals surface area (Å²) in [7, 11) is 10.1. The summed E-state index contributed by atoms with van der Waals surface area (Å²) >= 11 is 0. The summed E-state index contributed by atoms with van der Waals surface area (Å²) in [6, 6.07) is 24.4. The summed E-state index contributed by atoms with van der Waals surface area (Å²) in [5, 5.41) is 0. The summed E-state index contributed by atoms with van der Waals surface area (Å²) in [4.78, 5) is 0. The zero-order valence-corrected chi connectivity index (χ0v) is 24.2. The topological polar surface area (TPSA) is 55.4 Å². The first-order valence-corrected chi connectivity index (χ1v) is 13.3. The van der Waals surface area contributed by atoms with Crippen molar-refractivity contribution in [2.75, 3.05) is 42.7 Å². The molecule has 0 amide bonds. The molecule has 0 aliphatic carbocycles. The van der Waals surface area contributed by atoms with E-state index < -0.39 is 0 Å². The minimum atomic E-state index is 0.747. The van der Waals surface area contributed by atoms with Crippen molar-refractivity contribution >= 4 is 0 Å². The van der Waals surface area contributed by atoms with Crippen LogP contribution >= 0.6 is 0 Å². The second-order valence-corrected chi connectivity index (χ2v) is 9.42. The van der Waals surface area contributed by atoms with Crippen LogP contribution in [0.5, 0.6) is 34.5 Å². The third-order valence-electron chi connectivity index (χ3n) is 7.18. The largest absolute Gasteiger partial charge is 0.497 e. The molecular formula is C34H38O6. The Hall–Kier alpha value is -4.32. The Bertz CT molecular complexity index is 1280. The van der Waals surface area contributed by atoms with Gasteiger partial charge in [0.1, 0.15) is 34.5 Å². The van der Waals surface area contributed by atoms with Crippen LogP contribution in [0.3, 0.4) is 0 Å². The highest BCUT2D eigenvalue weighted by Crippen LogP contribution is 2.43. The predicted molar refractivity (Wildman–Crippen MR) is 159 cm³/mol. The summed E-state index contributed by atoms with van der Waals surface area (Å²) < 4.78 is 34.0. The van der Waals surface area contributed by atoms with Gasteiger partial charge < -0.3 is 28.4 Å². The molecule has 6 heteroatoms. The van der Waals surface area contributed by atoms with Crippen LogP contribution < -0.4 is 28.4 Å². The third-order valence-corrected chi connectivity index (χ3v) is 7.18. The van der Waals surface area contributed by atoms with Crippen LogP contribution in [0.2, 0.25) is 0 Å². The molecule has 0 bridgehead atoms. The summed E-state index contributed by atoms with van der Waals surface area (Å²) in [6.07, 6.45) is 3.33. The van der Waals surface area contributed by atoms with Crippen molar-refractivity contribution in [2.45, 2.75) is 25.7 Å². The highest BCUT2D eigenvalue weighted by atomic mass is 16.5. The molecule has 0 N–H and O–H groups in total. The van der Waals surface area contributed by atoms with Crippen molar-refractivity contribution in [3.63, 3.8) is 0 Å². The number of hydrogen-bond acceptors (Lipinski definition) is 6. The summed E-state index contributed by atoms with van der Waals surface area (Å²) in [6.45, 7) is 0. The number of ether oxygens (including phenoxy) is 6. The fraction of sp³-hybridized carbons (Fsp3) is 0.294. The van der Waals surface area contributed by atoms with Crippen molar-refractivity contribution in [1.29, 1.82) is 0 Å². The lowest BCUT2D eigenvalue weighted by molar-refractivity contribution is 0.395. The van der Waals surface area contributed by atoms with Crippen LogP contribution in [0.25, 0.3) is 11.1 Å². The van der Waals surface area contributed by atoms with E-state index in [1.807, 2.05) is 36.4 Å². The Morgan fingerprint density at radius 2 is 0.725 bits per heavy atom. The lowest BCUT2D eigenvalue weighted by Gasteiger charge is -2.19. The van der Waals surface area contributed by atoms with E-state index in [4.69, 9.17) is 28.4 Å². The van der Waals surface area contributed by atoms with Gasteiger partial charge in [0.05, 0.1) is 42.7 Å². The molecule has 0 atom stereocenters. The summed E-state index contributed by atoms with van der Waals surface area (Å²) in [5.74, 6) is 4.79. The average Bonchev–Trinajstić information content (AvgIpc) is 3.02. The fourth-order valence-electron chi connectivity index (χ4n) is 4.88. The molecule has 4 rings (SSSR count). The SMILES string of the molecule is COc1ccc(CCc2cc(OC)c(-c3cc(OC)c(CCc4ccc(OC)cc4)cc3OC)cc2OC)cc1. The Balaban J connectivity index is 1.63. The molecule has 0 fully saturated rings. The maximum absolute atomic E-state index is 5.87. The molecule has 0 saturated carbocycles. The van der Waals surface area contributed by atoms with Crippen molar-refractivity contribution in [1.82, 2.24) is 0 Å². The van der Waals surface area contributed by atoms with E-state index in [0.29, 0.717) is 0 Å². The quantitative estimate of drug-likeness (QED) is 0.182. The zero-order valence-electron chi connectivity index (χ0n) is 24.2. The molecule has 0 aliphatic heterocycles.